The molecule has 0 unspecified atom stereocenters. The van der Waals surface area contributed by atoms with E-state index in [9.17, 15) is 8.78 Å². The first-order chi connectivity index (χ1) is 6.54. The maximum absolute atomic E-state index is 12.8. The van der Waals surface area contributed by atoms with Crippen LogP contribution in [0.15, 0.2) is 12.1 Å². The van der Waals surface area contributed by atoms with Crippen molar-refractivity contribution in [2.75, 3.05) is 0 Å². The van der Waals surface area contributed by atoms with Gasteiger partial charge in [0.2, 0.25) is 0 Å². The van der Waals surface area contributed by atoms with Crippen molar-refractivity contribution < 1.29 is 33.6 Å². The molecule has 0 atom stereocenters. The Morgan fingerprint density at radius 2 is 1.93 bits per heavy atom. The number of hydrogen-bond donors (Lipinski definition) is 3. The smallest absolute Gasteiger partial charge is 0.505 e. The highest BCUT2D eigenvalue weighted by Crippen LogP contribution is 2.30. The summed E-state index contributed by atoms with van der Waals surface area (Å²) >= 11 is 0. The van der Waals surface area contributed by atoms with Crippen molar-refractivity contribution in [1.82, 2.24) is 0 Å². The van der Waals surface area contributed by atoms with E-state index in [0.29, 0.717) is 12.1 Å². The van der Waals surface area contributed by atoms with Crippen molar-refractivity contribution >= 4 is 7.32 Å². The molecule has 14 heavy (non-hydrogen) atoms. The Morgan fingerprint density at radius 3 is 2.43 bits per heavy atom. The molecule has 8 heteroatoms. The molecule has 0 spiro atoms. The molecule has 0 aliphatic rings. The van der Waals surface area contributed by atoms with Gasteiger partial charge in [-0.25, -0.2) is 13.6 Å². The van der Waals surface area contributed by atoms with Gasteiger partial charge in [-0.2, -0.15) is 0 Å². The zero-order chi connectivity index (χ0) is 10.7. The minimum atomic E-state index is -2.17. The molecular formula is C6H5BF2O5. The summed E-state index contributed by atoms with van der Waals surface area (Å²) in [5.41, 5.74) is 0. The van der Waals surface area contributed by atoms with Crippen LogP contribution < -0.4 is 4.65 Å². The van der Waals surface area contributed by atoms with Crippen LogP contribution in [0, 0.1) is 11.6 Å². The van der Waals surface area contributed by atoms with E-state index in [1.807, 2.05) is 0 Å². The lowest BCUT2D eigenvalue weighted by molar-refractivity contribution is -0.171. The predicted octanol–water partition coefficient (Wildman–Crippen LogP) is 0.516. The van der Waals surface area contributed by atoms with Crippen LogP contribution in [-0.2, 0) is 4.81 Å². The van der Waals surface area contributed by atoms with Gasteiger partial charge in [0.05, 0.1) is 0 Å². The van der Waals surface area contributed by atoms with Gasteiger partial charge >= 0.3 is 7.32 Å². The van der Waals surface area contributed by atoms with Crippen molar-refractivity contribution in [2.24, 2.45) is 0 Å². The molecule has 1 aromatic rings. The minimum absolute atomic E-state index is 0.430. The number of phenolic OH excluding ortho intramolecular Hbond substituents is 1. The van der Waals surface area contributed by atoms with Gasteiger partial charge in [-0.15, -0.1) is 0 Å². The lowest BCUT2D eigenvalue weighted by atomic mass is 10.2. The van der Waals surface area contributed by atoms with Crippen LogP contribution in [0.4, 0.5) is 8.78 Å². The van der Waals surface area contributed by atoms with Crippen molar-refractivity contribution in [2.45, 2.75) is 0 Å². The molecule has 0 aromatic heterocycles. The van der Waals surface area contributed by atoms with E-state index < -0.39 is 30.5 Å². The Labute approximate surface area is 77.2 Å². The Kier molecular flexibility index (Phi) is 3.23. The summed E-state index contributed by atoms with van der Waals surface area (Å²) in [6.07, 6.45) is 0. The summed E-state index contributed by atoms with van der Waals surface area (Å²) < 4.78 is 29.4. The van der Waals surface area contributed by atoms with E-state index in [1.165, 1.54) is 0 Å². The van der Waals surface area contributed by atoms with E-state index >= 15 is 0 Å². The summed E-state index contributed by atoms with van der Waals surface area (Å²) in [6, 6.07) is 1.00. The SMILES string of the molecule is OOB(O)Oc1c(O)cc(F)cc1F. The second kappa shape index (κ2) is 4.22. The molecule has 76 valence electrons. The van der Waals surface area contributed by atoms with E-state index in [-0.39, 0.29) is 0 Å². The molecule has 0 radical (unpaired) electrons. The van der Waals surface area contributed by atoms with Crippen molar-refractivity contribution in [3.05, 3.63) is 23.8 Å². The van der Waals surface area contributed by atoms with Crippen molar-refractivity contribution in [3.63, 3.8) is 0 Å². The average Bonchev–Trinajstić information content (AvgIpc) is 2.10. The van der Waals surface area contributed by atoms with E-state index in [2.05, 4.69) is 9.46 Å². The fraction of sp³-hybridized carbons (Fsp3) is 0. The molecule has 3 N–H and O–H groups in total. The first kappa shape index (κ1) is 10.7. The topological polar surface area (TPSA) is 79.2 Å². The maximum atomic E-state index is 12.8. The number of aromatic hydroxyl groups is 1. The maximum Gasteiger partial charge on any atom is 0.739 e. The Bertz CT molecular complexity index is 311. The fourth-order valence-electron chi connectivity index (χ4n) is 0.786. The first-order valence-electron chi connectivity index (χ1n) is 3.37. The van der Waals surface area contributed by atoms with E-state index in [4.69, 9.17) is 15.4 Å². The summed E-state index contributed by atoms with van der Waals surface area (Å²) in [7, 11) is -2.17. The molecule has 0 amide bonds. The molecule has 0 fully saturated rings. The van der Waals surface area contributed by atoms with Crippen LogP contribution >= 0.6 is 0 Å². The Morgan fingerprint density at radius 1 is 1.29 bits per heavy atom. The van der Waals surface area contributed by atoms with Gasteiger partial charge in [0.25, 0.3) is 0 Å². The molecule has 5 nitrogen and oxygen atoms in total. The van der Waals surface area contributed by atoms with Crippen molar-refractivity contribution in [1.29, 1.82) is 0 Å². The molecule has 1 aromatic carbocycles. The largest absolute Gasteiger partial charge is 0.739 e. The van der Waals surface area contributed by atoms with Crippen LogP contribution in [0.25, 0.3) is 0 Å². The quantitative estimate of drug-likeness (QED) is 0.381. The molecule has 0 heterocycles. The number of halogens is 2. The number of benzene rings is 1. The van der Waals surface area contributed by atoms with Crippen molar-refractivity contribution in [3.8, 4) is 11.5 Å². The second-order valence-corrected chi connectivity index (χ2v) is 2.27. The van der Waals surface area contributed by atoms with Crippen LogP contribution in [-0.4, -0.2) is 22.7 Å². The van der Waals surface area contributed by atoms with Gasteiger partial charge in [0, 0.05) is 12.1 Å². The van der Waals surface area contributed by atoms with E-state index in [0.717, 1.165) is 0 Å². The molecular weight excluding hydrogens is 201 g/mol. The van der Waals surface area contributed by atoms with Gasteiger partial charge in [-0.1, -0.05) is 0 Å². The number of phenols is 1. The van der Waals surface area contributed by atoms with Gasteiger partial charge in [-0.3, -0.25) is 5.26 Å². The predicted molar refractivity (Wildman–Crippen MR) is 40.3 cm³/mol. The average molecular weight is 206 g/mol. The lowest BCUT2D eigenvalue weighted by Crippen LogP contribution is -2.25. The molecule has 0 saturated carbocycles. The summed E-state index contributed by atoms with van der Waals surface area (Å²) in [6.45, 7) is 0. The monoisotopic (exact) mass is 206 g/mol. The number of rotatable bonds is 3. The van der Waals surface area contributed by atoms with Crippen LogP contribution in [0.2, 0.25) is 0 Å². The minimum Gasteiger partial charge on any atom is -0.505 e. The van der Waals surface area contributed by atoms with Gasteiger partial charge in [0.15, 0.2) is 17.3 Å². The highest BCUT2D eigenvalue weighted by Gasteiger charge is 2.23. The molecule has 0 aliphatic heterocycles. The van der Waals surface area contributed by atoms with E-state index in [1.54, 1.807) is 0 Å². The summed E-state index contributed by atoms with van der Waals surface area (Å²) in [5.74, 6) is -3.93. The summed E-state index contributed by atoms with van der Waals surface area (Å²) in [4.78, 5) is 3.26. The third kappa shape index (κ3) is 2.31. The van der Waals surface area contributed by atoms with Crippen LogP contribution in [0.1, 0.15) is 0 Å². The molecule has 1 rings (SSSR count). The standard InChI is InChI=1S/C6H5BF2O5/c8-3-1-4(9)6(5(10)2-3)13-7(11)14-12/h1-2,10-12H. The van der Waals surface area contributed by atoms with Crippen LogP contribution in [0.5, 0.6) is 11.5 Å². The number of hydrogen-bond acceptors (Lipinski definition) is 5. The first-order valence-corrected chi connectivity index (χ1v) is 3.37. The molecule has 0 saturated heterocycles. The zero-order valence-corrected chi connectivity index (χ0v) is 6.65. The summed E-state index contributed by atoms with van der Waals surface area (Å²) in [5, 5.41) is 25.4. The lowest BCUT2D eigenvalue weighted by Gasteiger charge is -2.08. The van der Waals surface area contributed by atoms with Gasteiger partial charge < -0.3 is 14.8 Å². The third-order valence-corrected chi connectivity index (χ3v) is 1.30. The highest BCUT2D eigenvalue weighted by atomic mass is 19.1. The fourth-order valence-corrected chi connectivity index (χ4v) is 0.786. The van der Waals surface area contributed by atoms with Crippen LogP contribution in [0.3, 0.4) is 0 Å². The molecule has 0 bridgehead atoms. The Balaban J connectivity index is 2.96. The zero-order valence-electron chi connectivity index (χ0n) is 6.65. The normalized spacial score (nSPS) is 10.0. The highest BCUT2D eigenvalue weighted by molar-refractivity contribution is 6.35. The Hall–Kier alpha value is -1.38. The molecule has 0 aliphatic carbocycles. The van der Waals surface area contributed by atoms with Gasteiger partial charge in [-0.05, 0) is 0 Å². The van der Waals surface area contributed by atoms with Gasteiger partial charge in [0.1, 0.15) is 5.82 Å². The third-order valence-electron chi connectivity index (χ3n) is 1.30. The second-order valence-electron chi connectivity index (χ2n) is 2.27.